The standard InChI is InChI=1S/C18H16FNO3/c19-17-10-15(9-16(11-17)12-21)7-4-8-20-18(22)23-13-14-5-2-1-3-6-14/h1-7,9-12H,8,13H2,(H,20,22). The summed E-state index contributed by atoms with van der Waals surface area (Å²) >= 11 is 0. The summed E-state index contributed by atoms with van der Waals surface area (Å²) in [6.45, 7) is 0.434. The van der Waals surface area contributed by atoms with E-state index in [1.54, 1.807) is 18.2 Å². The lowest BCUT2D eigenvalue weighted by Crippen LogP contribution is -2.24. The number of amides is 1. The van der Waals surface area contributed by atoms with Crippen LogP contribution in [0.2, 0.25) is 0 Å². The van der Waals surface area contributed by atoms with E-state index in [1.165, 1.54) is 6.07 Å². The topological polar surface area (TPSA) is 55.4 Å². The Hall–Kier alpha value is -2.95. The molecular formula is C18H16FNO3. The maximum Gasteiger partial charge on any atom is 0.407 e. The molecule has 118 valence electrons. The maximum atomic E-state index is 13.2. The Morgan fingerprint density at radius 3 is 2.61 bits per heavy atom. The molecule has 0 heterocycles. The van der Waals surface area contributed by atoms with Crippen LogP contribution in [0.15, 0.2) is 54.6 Å². The molecule has 2 aromatic rings. The van der Waals surface area contributed by atoms with Crippen molar-refractivity contribution in [2.75, 3.05) is 6.54 Å². The predicted molar refractivity (Wildman–Crippen MR) is 85.5 cm³/mol. The molecule has 4 nitrogen and oxygen atoms in total. The molecule has 5 heteroatoms. The number of hydrogen-bond donors (Lipinski definition) is 1. The van der Waals surface area contributed by atoms with Gasteiger partial charge in [-0.2, -0.15) is 0 Å². The molecule has 0 aliphatic carbocycles. The van der Waals surface area contributed by atoms with Gasteiger partial charge >= 0.3 is 6.09 Å². The fraction of sp³-hybridized carbons (Fsp3) is 0.111. The first-order valence-electron chi connectivity index (χ1n) is 7.04. The van der Waals surface area contributed by atoms with E-state index in [4.69, 9.17) is 4.74 Å². The number of carbonyl (C=O) groups is 2. The monoisotopic (exact) mass is 313 g/mol. The van der Waals surface area contributed by atoms with Crippen LogP contribution in [0.3, 0.4) is 0 Å². The van der Waals surface area contributed by atoms with Gasteiger partial charge in [0.15, 0.2) is 0 Å². The third-order valence-corrected chi connectivity index (χ3v) is 2.97. The molecule has 0 fully saturated rings. The fourth-order valence-electron chi connectivity index (χ4n) is 1.91. The van der Waals surface area contributed by atoms with Gasteiger partial charge in [-0.3, -0.25) is 4.79 Å². The van der Waals surface area contributed by atoms with Gasteiger partial charge in [0.05, 0.1) is 0 Å². The first kappa shape index (κ1) is 16.4. The molecule has 2 aromatic carbocycles. The van der Waals surface area contributed by atoms with Gasteiger partial charge in [-0.1, -0.05) is 42.5 Å². The number of benzene rings is 2. The van der Waals surface area contributed by atoms with E-state index >= 15 is 0 Å². The van der Waals surface area contributed by atoms with E-state index in [0.717, 1.165) is 11.6 Å². The van der Waals surface area contributed by atoms with Crippen LogP contribution in [0.1, 0.15) is 21.5 Å². The highest BCUT2D eigenvalue weighted by Gasteiger charge is 2.01. The van der Waals surface area contributed by atoms with Gasteiger partial charge in [-0.25, -0.2) is 9.18 Å². The molecular weight excluding hydrogens is 297 g/mol. The zero-order valence-electron chi connectivity index (χ0n) is 12.4. The van der Waals surface area contributed by atoms with Crippen LogP contribution in [0, 0.1) is 5.82 Å². The number of halogens is 1. The Morgan fingerprint density at radius 1 is 1.13 bits per heavy atom. The lowest BCUT2D eigenvalue weighted by atomic mass is 10.1. The molecule has 0 atom stereocenters. The van der Waals surface area contributed by atoms with Gasteiger partial charge in [0, 0.05) is 12.1 Å². The van der Waals surface area contributed by atoms with Gasteiger partial charge in [0.25, 0.3) is 0 Å². The zero-order chi connectivity index (χ0) is 16.5. The second kappa shape index (κ2) is 8.48. The number of nitrogens with one attached hydrogen (secondary N) is 1. The summed E-state index contributed by atoms with van der Waals surface area (Å²) < 4.78 is 18.3. The van der Waals surface area contributed by atoms with Crippen LogP contribution >= 0.6 is 0 Å². The zero-order valence-corrected chi connectivity index (χ0v) is 12.4. The summed E-state index contributed by atoms with van der Waals surface area (Å²) in [7, 11) is 0. The van der Waals surface area contributed by atoms with E-state index in [1.807, 2.05) is 30.3 Å². The van der Waals surface area contributed by atoms with E-state index in [-0.39, 0.29) is 18.7 Å². The Kier molecular flexibility index (Phi) is 6.06. The highest BCUT2D eigenvalue weighted by Crippen LogP contribution is 2.09. The summed E-state index contributed by atoms with van der Waals surface area (Å²) in [4.78, 5) is 22.2. The second-order valence-corrected chi connectivity index (χ2v) is 4.78. The number of carbonyl (C=O) groups excluding carboxylic acids is 2. The van der Waals surface area contributed by atoms with E-state index in [9.17, 15) is 14.0 Å². The lowest BCUT2D eigenvalue weighted by molar-refractivity contribution is 0.112. The molecule has 0 bridgehead atoms. The van der Waals surface area contributed by atoms with Crippen LogP contribution in [0.5, 0.6) is 0 Å². The summed E-state index contributed by atoms with van der Waals surface area (Å²) in [5, 5.41) is 2.56. The molecule has 0 radical (unpaired) electrons. The first-order chi connectivity index (χ1) is 11.2. The van der Waals surface area contributed by atoms with Crippen molar-refractivity contribution in [3.63, 3.8) is 0 Å². The van der Waals surface area contributed by atoms with Crippen molar-refractivity contribution in [2.45, 2.75) is 6.61 Å². The molecule has 0 saturated heterocycles. The summed E-state index contributed by atoms with van der Waals surface area (Å²) in [6.07, 6.45) is 3.31. The van der Waals surface area contributed by atoms with Crippen molar-refractivity contribution in [1.82, 2.24) is 5.32 Å². The third kappa shape index (κ3) is 5.74. The van der Waals surface area contributed by atoms with Crippen molar-refractivity contribution in [3.8, 4) is 0 Å². The Morgan fingerprint density at radius 2 is 1.87 bits per heavy atom. The average Bonchev–Trinajstić information content (AvgIpc) is 2.57. The van der Waals surface area contributed by atoms with Crippen LogP contribution in [-0.4, -0.2) is 18.9 Å². The number of ether oxygens (including phenoxy) is 1. The van der Waals surface area contributed by atoms with Crippen molar-refractivity contribution in [2.24, 2.45) is 0 Å². The van der Waals surface area contributed by atoms with Crippen LogP contribution < -0.4 is 5.32 Å². The quantitative estimate of drug-likeness (QED) is 0.829. The molecule has 0 aliphatic rings. The van der Waals surface area contributed by atoms with Crippen molar-refractivity contribution >= 4 is 18.5 Å². The van der Waals surface area contributed by atoms with Gasteiger partial charge in [-0.15, -0.1) is 0 Å². The van der Waals surface area contributed by atoms with Gasteiger partial charge < -0.3 is 10.1 Å². The smallest absolute Gasteiger partial charge is 0.407 e. The van der Waals surface area contributed by atoms with Crippen molar-refractivity contribution in [3.05, 3.63) is 77.1 Å². The summed E-state index contributed by atoms with van der Waals surface area (Å²) in [5.41, 5.74) is 1.71. The minimum atomic E-state index is -0.536. The number of hydrogen-bond acceptors (Lipinski definition) is 3. The molecule has 1 N–H and O–H groups in total. The minimum absolute atomic E-state index is 0.197. The number of alkyl carbamates (subject to hydrolysis) is 1. The molecule has 1 amide bonds. The Labute approximate surface area is 133 Å². The molecule has 23 heavy (non-hydrogen) atoms. The van der Waals surface area contributed by atoms with Crippen LogP contribution in [0.25, 0.3) is 6.08 Å². The fourth-order valence-corrected chi connectivity index (χ4v) is 1.91. The van der Waals surface area contributed by atoms with Crippen molar-refractivity contribution in [1.29, 1.82) is 0 Å². The van der Waals surface area contributed by atoms with E-state index < -0.39 is 11.9 Å². The maximum absolute atomic E-state index is 13.2. The second-order valence-electron chi connectivity index (χ2n) is 4.78. The minimum Gasteiger partial charge on any atom is -0.445 e. The normalized spacial score (nSPS) is 10.5. The van der Waals surface area contributed by atoms with Gasteiger partial charge in [0.2, 0.25) is 0 Å². The van der Waals surface area contributed by atoms with Gasteiger partial charge in [0.1, 0.15) is 18.7 Å². The lowest BCUT2D eigenvalue weighted by Gasteiger charge is -2.05. The Bertz CT molecular complexity index is 699. The Balaban J connectivity index is 1.76. The summed E-state index contributed by atoms with van der Waals surface area (Å²) in [6, 6.07) is 13.4. The molecule has 0 saturated carbocycles. The molecule has 0 unspecified atom stereocenters. The van der Waals surface area contributed by atoms with Crippen LogP contribution in [0.4, 0.5) is 9.18 Å². The van der Waals surface area contributed by atoms with Crippen molar-refractivity contribution < 1.29 is 18.7 Å². The van der Waals surface area contributed by atoms with Gasteiger partial charge in [-0.05, 0) is 29.3 Å². The third-order valence-electron chi connectivity index (χ3n) is 2.97. The van der Waals surface area contributed by atoms with Crippen LogP contribution in [-0.2, 0) is 11.3 Å². The van der Waals surface area contributed by atoms with E-state index in [0.29, 0.717) is 11.8 Å². The molecule has 0 aliphatic heterocycles. The SMILES string of the molecule is O=Cc1cc(F)cc(C=CCNC(=O)OCc2ccccc2)c1. The predicted octanol–water partition coefficient (Wildman–Crippen LogP) is 3.58. The number of aldehydes is 1. The molecule has 2 rings (SSSR count). The largest absolute Gasteiger partial charge is 0.445 e. The van der Waals surface area contributed by atoms with E-state index in [2.05, 4.69) is 5.32 Å². The number of rotatable bonds is 6. The molecule has 0 aromatic heterocycles. The summed E-state index contributed by atoms with van der Waals surface area (Å²) in [5.74, 6) is -0.482. The highest BCUT2D eigenvalue weighted by molar-refractivity contribution is 5.76. The average molecular weight is 313 g/mol. The first-order valence-corrected chi connectivity index (χ1v) is 7.04. The molecule has 0 spiro atoms. The highest BCUT2D eigenvalue weighted by atomic mass is 19.1.